The zero-order valence-electron chi connectivity index (χ0n) is 10.6. The molecule has 0 saturated carbocycles. The van der Waals surface area contributed by atoms with Crippen LogP contribution in [0.3, 0.4) is 0 Å². The van der Waals surface area contributed by atoms with Crippen LogP contribution >= 0.6 is 11.6 Å². The molecule has 18 heavy (non-hydrogen) atoms. The van der Waals surface area contributed by atoms with E-state index in [1.807, 2.05) is 12.1 Å². The van der Waals surface area contributed by atoms with Gasteiger partial charge in [-0.05, 0) is 24.2 Å². The van der Waals surface area contributed by atoms with Gasteiger partial charge >= 0.3 is 0 Å². The zero-order valence-corrected chi connectivity index (χ0v) is 12.2. The van der Waals surface area contributed by atoms with Crippen LogP contribution in [0.15, 0.2) is 18.2 Å². The summed E-state index contributed by atoms with van der Waals surface area (Å²) >= 11 is 6.09. The number of hydrogen-bond acceptors (Lipinski definition) is 3. The van der Waals surface area contributed by atoms with Crippen molar-refractivity contribution in [3.63, 3.8) is 0 Å². The summed E-state index contributed by atoms with van der Waals surface area (Å²) in [6.07, 6.45) is 0. The van der Waals surface area contributed by atoms with Crippen LogP contribution in [0.25, 0.3) is 0 Å². The van der Waals surface area contributed by atoms with Crippen LogP contribution in [0.5, 0.6) is 0 Å². The molecule has 1 N–H and O–H groups in total. The van der Waals surface area contributed by atoms with Crippen LogP contribution in [0.4, 0.5) is 5.69 Å². The van der Waals surface area contributed by atoms with Crippen molar-refractivity contribution in [3.05, 3.63) is 28.8 Å². The Morgan fingerprint density at radius 1 is 1.39 bits per heavy atom. The van der Waals surface area contributed by atoms with Crippen molar-refractivity contribution >= 4 is 28.1 Å². The average molecular weight is 287 g/mol. The fourth-order valence-electron chi connectivity index (χ4n) is 2.12. The molecule has 0 spiro atoms. The lowest BCUT2D eigenvalue weighted by Gasteiger charge is -2.30. The minimum atomic E-state index is -0.642. The van der Waals surface area contributed by atoms with Gasteiger partial charge in [-0.3, -0.25) is 4.21 Å². The molecule has 0 radical (unpaired) electrons. The second-order valence-corrected chi connectivity index (χ2v) is 6.52. The minimum absolute atomic E-state index is 0.642. The minimum Gasteiger partial charge on any atom is -0.369 e. The molecule has 0 aromatic heterocycles. The van der Waals surface area contributed by atoms with E-state index in [2.05, 4.69) is 23.2 Å². The Morgan fingerprint density at radius 3 is 2.78 bits per heavy atom. The number of halogens is 1. The Kier molecular flexibility index (Phi) is 5.03. The Morgan fingerprint density at radius 2 is 2.11 bits per heavy atom. The first-order valence-corrected chi connectivity index (χ1v) is 8.16. The number of nitrogens with zero attached hydrogens (tertiary/aromatic N) is 1. The molecule has 0 bridgehead atoms. The topological polar surface area (TPSA) is 32.3 Å². The van der Waals surface area contributed by atoms with Crippen molar-refractivity contribution in [1.29, 1.82) is 0 Å². The van der Waals surface area contributed by atoms with Gasteiger partial charge in [-0.2, -0.15) is 0 Å². The molecule has 1 aromatic carbocycles. The molecule has 100 valence electrons. The van der Waals surface area contributed by atoms with Crippen LogP contribution in [-0.2, 0) is 17.3 Å². The summed E-state index contributed by atoms with van der Waals surface area (Å²) in [6, 6.07) is 6.02. The maximum atomic E-state index is 11.4. The Balaban J connectivity index is 2.18. The van der Waals surface area contributed by atoms with E-state index in [0.29, 0.717) is 0 Å². The van der Waals surface area contributed by atoms with E-state index in [0.717, 1.165) is 42.7 Å². The predicted octanol–water partition coefficient (Wildman–Crippen LogP) is 2.02. The lowest BCUT2D eigenvalue weighted by atomic mass is 10.1. The Bertz CT molecular complexity index is 429. The van der Waals surface area contributed by atoms with Crippen LogP contribution in [-0.4, -0.2) is 35.3 Å². The molecule has 1 fully saturated rings. The Hall–Kier alpha value is -0.580. The SMILES string of the molecule is CCNCc1ccc(Cl)cc1N1CCS(=O)CC1. The van der Waals surface area contributed by atoms with Crippen molar-refractivity contribution in [2.75, 3.05) is 36.0 Å². The fraction of sp³-hybridized carbons (Fsp3) is 0.538. The van der Waals surface area contributed by atoms with Crippen LogP contribution < -0.4 is 10.2 Å². The van der Waals surface area contributed by atoms with Gasteiger partial charge in [0.15, 0.2) is 0 Å². The number of anilines is 1. The van der Waals surface area contributed by atoms with Gasteiger partial charge < -0.3 is 10.2 Å². The second-order valence-electron chi connectivity index (χ2n) is 4.39. The maximum Gasteiger partial charge on any atom is 0.0427 e. The van der Waals surface area contributed by atoms with E-state index in [9.17, 15) is 4.21 Å². The maximum absolute atomic E-state index is 11.4. The molecule has 3 nitrogen and oxygen atoms in total. The van der Waals surface area contributed by atoms with Gasteiger partial charge in [-0.1, -0.05) is 24.6 Å². The summed E-state index contributed by atoms with van der Waals surface area (Å²) < 4.78 is 11.4. The van der Waals surface area contributed by atoms with Crippen molar-refractivity contribution < 1.29 is 4.21 Å². The third-order valence-electron chi connectivity index (χ3n) is 3.13. The highest BCUT2D eigenvalue weighted by atomic mass is 35.5. The summed E-state index contributed by atoms with van der Waals surface area (Å²) in [7, 11) is -0.642. The molecule has 1 aliphatic rings. The van der Waals surface area contributed by atoms with Gasteiger partial charge in [0.2, 0.25) is 0 Å². The first kappa shape index (κ1) is 13.8. The Labute approximate surface area is 116 Å². The van der Waals surface area contributed by atoms with E-state index in [-0.39, 0.29) is 0 Å². The average Bonchev–Trinajstić information content (AvgIpc) is 2.38. The first-order valence-electron chi connectivity index (χ1n) is 6.29. The molecule has 1 saturated heterocycles. The smallest absolute Gasteiger partial charge is 0.0427 e. The van der Waals surface area contributed by atoms with Crippen molar-refractivity contribution in [3.8, 4) is 0 Å². The van der Waals surface area contributed by atoms with Gasteiger partial charge in [0, 0.05) is 52.6 Å². The van der Waals surface area contributed by atoms with Crippen LogP contribution in [0.2, 0.25) is 5.02 Å². The van der Waals surface area contributed by atoms with E-state index in [1.54, 1.807) is 0 Å². The zero-order chi connectivity index (χ0) is 13.0. The molecule has 1 aliphatic heterocycles. The molecule has 1 aromatic rings. The van der Waals surface area contributed by atoms with Gasteiger partial charge in [0.1, 0.15) is 0 Å². The molecule has 0 atom stereocenters. The van der Waals surface area contributed by atoms with E-state index >= 15 is 0 Å². The third-order valence-corrected chi connectivity index (χ3v) is 4.64. The lowest BCUT2D eigenvalue weighted by Crippen LogP contribution is -2.38. The van der Waals surface area contributed by atoms with Crippen molar-refractivity contribution in [2.24, 2.45) is 0 Å². The van der Waals surface area contributed by atoms with Gasteiger partial charge in [0.25, 0.3) is 0 Å². The number of benzene rings is 1. The largest absolute Gasteiger partial charge is 0.369 e. The number of hydrogen-bond donors (Lipinski definition) is 1. The highest BCUT2D eigenvalue weighted by molar-refractivity contribution is 7.85. The quantitative estimate of drug-likeness (QED) is 0.919. The van der Waals surface area contributed by atoms with Crippen molar-refractivity contribution in [1.82, 2.24) is 5.32 Å². The summed E-state index contributed by atoms with van der Waals surface area (Å²) in [5.74, 6) is 1.51. The van der Waals surface area contributed by atoms with Gasteiger partial charge in [-0.25, -0.2) is 0 Å². The number of rotatable bonds is 4. The molecule has 2 rings (SSSR count). The molecule has 1 heterocycles. The van der Waals surface area contributed by atoms with E-state index < -0.39 is 10.8 Å². The molecular weight excluding hydrogens is 268 g/mol. The summed E-state index contributed by atoms with van der Waals surface area (Å²) in [5.41, 5.74) is 2.44. The van der Waals surface area contributed by atoms with E-state index in [1.165, 1.54) is 11.3 Å². The lowest BCUT2D eigenvalue weighted by molar-refractivity contribution is 0.672. The monoisotopic (exact) mass is 286 g/mol. The second kappa shape index (κ2) is 6.55. The summed E-state index contributed by atoms with van der Waals surface area (Å²) in [6.45, 7) is 5.60. The van der Waals surface area contributed by atoms with Gasteiger partial charge in [0.05, 0.1) is 0 Å². The highest BCUT2D eigenvalue weighted by Gasteiger charge is 2.18. The van der Waals surface area contributed by atoms with Crippen LogP contribution in [0, 0.1) is 0 Å². The summed E-state index contributed by atoms with van der Waals surface area (Å²) in [4.78, 5) is 2.29. The standard InChI is InChI=1S/C13H19ClN2OS/c1-2-15-10-11-3-4-12(14)9-13(11)16-5-7-18(17)8-6-16/h3-4,9,15H,2,5-8,10H2,1H3. The number of nitrogens with one attached hydrogen (secondary N) is 1. The van der Waals surface area contributed by atoms with Crippen LogP contribution in [0.1, 0.15) is 12.5 Å². The molecule has 0 aliphatic carbocycles. The van der Waals surface area contributed by atoms with Gasteiger partial charge in [-0.15, -0.1) is 0 Å². The van der Waals surface area contributed by atoms with Crippen molar-refractivity contribution in [2.45, 2.75) is 13.5 Å². The third kappa shape index (κ3) is 3.46. The predicted molar refractivity (Wildman–Crippen MR) is 78.9 cm³/mol. The summed E-state index contributed by atoms with van der Waals surface area (Å²) in [5, 5.41) is 4.10. The van der Waals surface area contributed by atoms with E-state index in [4.69, 9.17) is 11.6 Å². The molecule has 5 heteroatoms. The first-order chi connectivity index (χ1) is 8.70. The fourth-order valence-corrected chi connectivity index (χ4v) is 3.34. The molecule has 0 amide bonds. The normalized spacial score (nSPS) is 17.1. The molecule has 0 unspecified atom stereocenters. The molecular formula is C13H19ClN2OS. The highest BCUT2D eigenvalue weighted by Crippen LogP contribution is 2.26.